The zero-order valence-electron chi connectivity index (χ0n) is 11.3. The second kappa shape index (κ2) is 6.04. The molecule has 0 fully saturated rings. The van der Waals surface area contributed by atoms with Gasteiger partial charge in [0.15, 0.2) is 6.61 Å². The second-order valence-corrected chi connectivity index (χ2v) is 4.98. The molecular weight excluding hydrogens is 244 g/mol. The molecule has 1 aliphatic heterocycles. The van der Waals surface area contributed by atoms with Crippen LogP contribution in [0.1, 0.15) is 13.8 Å². The van der Waals surface area contributed by atoms with Gasteiger partial charge in [-0.25, -0.2) is 0 Å². The molecule has 104 valence electrons. The van der Waals surface area contributed by atoms with Crippen molar-refractivity contribution in [1.29, 1.82) is 0 Å². The van der Waals surface area contributed by atoms with Crippen LogP contribution in [0.15, 0.2) is 24.3 Å². The number of aliphatic hydroxyl groups is 1. The van der Waals surface area contributed by atoms with Gasteiger partial charge >= 0.3 is 0 Å². The smallest absolute Gasteiger partial charge is 0.265 e. The third-order valence-electron chi connectivity index (χ3n) is 2.96. The highest BCUT2D eigenvalue weighted by molar-refractivity contribution is 5.97. The summed E-state index contributed by atoms with van der Waals surface area (Å²) in [5.74, 6) is 0.563. The summed E-state index contributed by atoms with van der Waals surface area (Å²) >= 11 is 0. The van der Waals surface area contributed by atoms with Gasteiger partial charge in [0.1, 0.15) is 5.75 Å². The van der Waals surface area contributed by atoms with E-state index >= 15 is 0 Å². The number of anilines is 1. The van der Waals surface area contributed by atoms with E-state index in [9.17, 15) is 9.90 Å². The van der Waals surface area contributed by atoms with Gasteiger partial charge in [0.05, 0.1) is 18.3 Å². The van der Waals surface area contributed by atoms with Crippen molar-refractivity contribution in [3.05, 3.63) is 24.3 Å². The van der Waals surface area contributed by atoms with Crippen molar-refractivity contribution in [2.45, 2.75) is 26.0 Å². The van der Waals surface area contributed by atoms with Crippen LogP contribution in [0.2, 0.25) is 0 Å². The third-order valence-corrected chi connectivity index (χ3v) is 2.96. The summed E-state index contributed by atoms with van der Waals surface area (Å²) in [6.45, 7) is 4.80. The molecule has 0 saturated carbocycles. The van der Waals surface area contributed by atoms with E-state index in [1.165, 1.54) is 0 Å². The number of β-amino-alcohol motifs (C(OH)–C–C–N with tert-alkyl or cyclic N) is 1. The summed E-state index contributed by atoms with van der Waals surface area (Å²) in [6.07, 6.45) is -0.600. The van der Waals surface area contributed by atoms with E-state index in [1.54, 1.807) is 4.90 Å². The maximum absolute atomic E-state index is 11.9. The maximum atomic E-state index is 11.9. The first kappa shape index (κ1) is 13.8. The van der Waals surface area contributed by atoms with Gasteiger partial charge in [-0.15, -0.1) is 0 Å². The fourth-order valence-corrected chi connectivity index (χ4v) is 2.00. The Labute approximate surface area is 113 Å². The van der Waals surface area contributed by atoms with Gasteiger partial charge in [0.2, 0.25) is 0 Å². The van der Waals surface area contributed by atoms with Crippen LogP contribution in [0.3, 0.4) is 0 Å². The molecule has 0 aliphatic carbocycles. The zero-order valence-corrected chi connectivity index (χ0v) is 11.3. The molecule has 0 unspecified atom stereocenters. The number of nitrogens with zero attached hydrogens (tertiary/aromatic N) is 1. The van der Waals surface area contributed by atoms with Crippen molar-refractivity contribution in [2.75, 3.05) is 24.6 Å². The number of hydrogen-bond acceptors (Lipinski definition) is 4. The van der Waals surface area contributed by atoms with Crippen LogP contribution < -0.4 is 15.0 Å². The monoisotopic (exact) mass is 264 g/mol. The standard InChI is InChI=1S/C14H20N2O3/c1-10(2)15-7-11(17)8-16-12-5-3-4-6-13(12)19-9-14(16)18/h3-6,10-11,15,17H,7-9H2,1-2H3/t11-/m1/s1. The van der Waals surface area contributed by atoms with Gasteiger partial charge in [-0.05, 0) is 12.1 Å². The Balaban J connectivity index is 2.05. The number of ether oxygens (including phenoxy) is 1. The predicted molar refractivity (Wildman–Crippen MR) is 73.4 cm³/mol. The van der Waals surface area contributed by atoms with E-state index in [1.807, 2.05) is 38.1 Å². The van der Waals surface area contributed by atoms with Gasteiger partial charge in [-0.1, -0.05) is 26.0 Å². The first-order valence-corrected chi connectivity index (χ1v) is 6.51. The van der Waals surface area contributed by atoms with Crippen molar-refractivity contribution in [3.8, 4) is 5.75 Å². The highest BCUT2D eigenvalue weighted by Gasteiger charge is 2.26. The summed E-state index contributed by atoms with van der Waals surface area (Å²) in [5, 5.41) is 13.2. The van der Waals surface area contributed by atoms with Crippen molar-refractivity contribution < 1.29 is 14.6 Å². The van der Waals surface area contributed by atoms with E-state index in [2.05, 4.69) is 5.32 Å². The molecule has 0 radical (unpaired) electrons. The van der Waals surface area contributed by atoms with Gasteiger partial charge in [-0.2, -0.15) is 0 Å². The number of rotatable bonds is 5. The molecule has 0 saturated heterocycles. The Hall–Kier alpha value is -1.59. The van der Waals surface area contributed by atoms with E-state index in [0.29, 0.717) is 18.3 Å². The van der Waals surface area contributed by atoms with Crippen molar-refractivity contribution in [2.24, 2.45) is 0 Å². The normalized spacial score (nSPS) is 16.2. The Morgan fingerprint density at radius 3 is 2.89 bits per heavy atom. The quantitative estimate of drug-likeness (QED) is 0.824. The fourth-order valence-electron chi connectivity index (χ4n) is 2.00. The fraction of sp³-hybridized carbons (Fsp3) is 0.500. The van der Waals surface area contributed by atoms with Crippen molar-refractivity contribution in [1.82, 2.24) is 5.32 Å². The molecule has 0 bridgehead atoms. The minimum Gasteiger partial charge on any atom is -0.482 e. The first-order valence-electron chi connectivity index (χ1n) is 6.51. The highest BCUT2D eigenvalue weighted by atomic mass is 16.5. The summed E-state index contributed by atoms with van der Waals surface area (Å²) in [6, 6.07) is 7.68. The SMILES string of the molecule is CC(C)NC[C@@H](O)CN1C(=O)COc2ccccc21. The summed E-state index contributed by atoms with van der Waals surface area (Å²) in [7, 11) is 0. The Kier molecular flexibility index (Phi) is 4.39. The van der Waals surface area contributed by atoms with Crippen LogP contribution in [0.5, 0.6) is 5.75 Å². The summed E-state index contributed by atoms with van der Waals surface area (Å²) in [5.41, 5.74) is 0.724. The number of fused-ring (bicyclic) bond motifs is 1. The van der Waals surface area contributed by atoms with Crippen LogP contribution >= 0.6 is 0 Å². The molecule has 1 atom stereocenters. The van der Waals surface area contributed by atoms with Gasteiger partial charge in [0, 0.05) is 12.6 Å². The average molecular weight is 264 g/mol. The van der Waals surface area contributed by atoms with E-state index in [0.717, 1.165) is 5.69 Å². The predicted octanol–water partition coefficient (Wildman–Crippen LogP) is 0.771. The van der Waals surface area contributed by atoms with Crippen LogP contribution in [0, 0.1) is 0 Å². The van der Waals surface area contributed by atoms with Crippen LogP contribution in [0.25, 0.3) is 0 Å². The molecular formula is C14H20N2O3. The zero-order chi connectivity index (χ0) is 13.8. The topological polar surface area (TPSA) is 61.8 Å². The minimum absolute atomic E-state index is 0.0291. The molecule has 0 aromatic heterocycles. The van der Waals surface area contributed by atoms with Gasteiger partial charge < -0.3 is 20.1 Å². The molecule has 1 heterocycles. The van der Waals surface area contributed by atoms with Crippen molar-refractivity contribution >= 4 is 11.6 Å². The maximum Gasteiger partial charge on any atom is 0.265 e. The lowest BCUT2D eigenvalue weighted by atomic mass is 10.2. The number of benzene rings is 1. The second-order valence-electron chi connectivity index (χ2n) is 4.98. The van der Waals surface area contributed by atoms with E-state index < -0.39 is 6.10 Å². The van der Waals surface area contributed by atoms with Crippen LogP contribution in [-0.2, 0) is 4.79 Å². The number of amides is 1. The van der Waals surface area contributed by atoms with Crippen LogP contribution in [0.4, 0.5) is 5.69 Å². The first-order chi connectivity index (χ1) is 9.08. The molecule has 19 heavy (non-hydrogen) atoms. The van der Waals surface area contributed by atoms with Gasteiger partial charge in [-0.3, -0.25) is 4.79 Å². The minimum atomic E-state index is -0.600. The van der Waals surface area contributed by atoms with Crippen LogP contribution in [-0.4, -0.2) is 42.9 Å². The van der Waals surface area contributed by atoms with E-state index in [-0.39, 0.29) is 19.1 Å². The third kappa shape index (κ3) is 3.45. The number of carbonyl (C=O) groups is 1. The molecule has 2 rings (SSSR count). The van der Waals surface area contributed by atoms with E-state index in [4.69, 9.17) is 4.74 Å². The number of aliphatic hydroxyl groups excluding tert-OH is 1. The van der Waals surface area contributed by atoms with Gasteiger partial charge in [0.25, 0.3) is 5.91 Å². The summed E-state index contributed by atoms with van der Waals surface area (Å²) < 4.78 is 5.36. The Bertz CT molecular complexity index is 448. The molecule has 2 N–H and O–H groups in total. The Morgan fingerprint density at radius 1 is 1.42 bits per heavy atom. The Morgan fingerprint density at radius 2 is 2.16 bits per heavy atom. The largest absolute Gasteiger partial charge is 0.482 e. The lowest BCUT2D eigenvalue weighted by Gasteiger charge is -2.31. The number of carbonyl (C=O) groups excluding carboxylic acids is 1. The molecule has 0 spiro atoms. The number of hydrogen-bond donors (Lipinski definition) is 2. The molecule has 5 heteroatoms. The molecule has 1 aromatic carbocycles. The molecule has 5 nitrogen and oxygen atoms in total. The average Bonchev–Trinajstić information content (AvgIpc) is 2.40. The lowest BCUT2D eigenvalue weighted by Crippen LogP contribution is -2.46. The molecule has 1 aliphatic rings. The number of para-hydroxylation sites is 2. The molecule has 1 amide bonds. The van der Waals surface area contributed by atoms with Crippen molar-refractivity contribution in [3.63, 3.8) is 0 Å². The number of nitrogens with one attached hydrogen (secondary N) is 1. The highest BCUT2D eigenvalue weighted by Crippen LogP contribution is 2.31. The lowest BCUT2D eigenvalue weighted by molar-refractivity contribution is -0.121. The summed E-state index contributed by atoms with van der Waals surface area (Å²) in [4.78, 5) is 13.5. The molecule has 1 aromatic rings.